The topological polar surface area (TPSA) is 47.0 Å². The monoisotopic (exact) mass is 291 g/mol. The maximum Gasteiger partial charge on any atom is 0.168 e. The molecule has 0 aliphatic rings. The molecular formula is C15H18ClN3O. The maximum atomic E-state index is 6.10. The van der Waals surface area contributed by atoms with Crippen LogP contribution in [0, 0.1) is 13.8 Å². The Hall–Kier alpha value is -1.81. The number of halogens is 1. The van der Waals surface area contributed by atoms with Gasteiger partial charge < -0.3 is 10.1 Å². The molecule has 0 unspecified atom stereocenters. The van der Waals surface area contributed by atoms with Gasteiger partial charge in [-0.1, -0.05) is 17.7 Å². The Morgan fingerprint density at radius 2 is 2.00 bits per heavy atom. The minimum absolute atomic E-state index is 0.295. The van der Waals surface area contributed by atoms with Crippen LogP contribution in [0.25, 0.3) is 0 Å². The molecule has 0 atom stereocenters. The Bertz CT molecular complexity index is 602. The number of rotatable bonds is 5. The summed E-state index contributed by atoms with van der Waals surface area (Å²) in [6.45, 7) is 7.07. The van der Waals surface area contributed by atoms with E-state index in [2.05, 4.69) is 15.3 Å². The van der Waals surface area contributed by atoms with Gasteiger partial charge in [-0.15, -0.1) is 0 Å². The van der Waals surface area contributed by atoms with Gasteiger partial charge in [0.15, 0.2) is 5.82 Å². The highest BCUT2D eigenvalue weighted by molar-refractivity contribution is 6.32. The van der Waals surface area contributed by atoms with Crippen molar-refractivity contribution >= 4 is 17.4 Å². The summed E-state index contributed by atoms with van der Waals surface area (Å²) in [5, 5.41) is 3.77. The molecule has 0 aliphatic heterocycles. The second-order valence-corrected chi connectivity index (χ2v) is 4.97. The lowest BCUT2D eigenvalue weighted by atomic mass is 10.2. The van der Waals surface area contributed by atoms with Gasteiger partial charge in [-0.05, 0) is 38.5 Å². The number of ether oxygens (including phenoxy) is 1. The standard InChI is InChI=1S/C15H18ClN3O/c1-4-17-14-8-11(3)18-15(19-14)9-20-13-7-10(2)5-6-12(13)16/h5-8H,4,9H2,1-3H3,(H,17,18,19). The number of hydrogen-bond acceptors (Lipinski definition) is 4. The summed E-state index contributed by atoms with van der Waals surface area (Å²) in [5.74, 6) is 2.11. The largest absolute Gasteiger partial charge is 0.484 e. The Balaban J connectivity index is 2.12. The molecule has 1 aromatic heterocycles. The lowest BCUT2D eigenvalue weighted by Gasteiger charge is -2.10. The van der Waals surface area contributed by atoms with E-state index in [1.54, 1.807) is 0 Å². The van der Waals surface area contributed by atoms with Gasteiger partial charge in [0.25, 0.3) is 0 Å². The highest BCUT2D eigenvalue weighted by Gasteiger charge is 2.06. The number of benzene rings is 1. The molecular weight excluding hydrogens is 274 g/mol. The first-order chi connectivity index (χ1) is 9.58. The third-order valence-corrected chi connectivity index (χ3v) is 3.01. The van der Waals surface area contributed by atoms with Crippen molar-refractivity contribution in [3.05, 3.63) is 46.4 Å². The quantitative estimate of drug-likeness (QED) is 0.911. The zero-order chi connectivity index (χ0) is 14.5. The van der Waals surface area contributed by atoms with Crippen LogP contribution in [-0.4, -0.2) is 16.5 Å². The van der Waals surface area contributed by atoms with Crippen molar-refractivity contribution in [2.75, 3.05) is 11.9 Å². The molecule has 0 bridgehead atoms. The zero-order valence-corrected chi connectivity index (χ0v) is 12.7. The fourth-order valence-corrected chi connectivity index (χ4v) is 2.00. The first-order valence-corrected chi connectivity index (χ1v) is 6.93. The van der Waals surface area contributed by atoms with E-state index in [4.69, 9.17) is 16.3 Å². The molecule has 106 valence electrons. The van der Waals surface area contributed by atoms with E-state index in [1.165, 1.54) is 0 Å². The second-order valence-electron chi connectivity index (χ2n) is 4.56. The number of anilines is 1. The molecule has 5 heteroatoms. The number of nitrogens with one attached hydrogen (secondary N) is 1. The van der Waals surface area contributed by atoms with Crippen LogP contribution in [0.4, 0.5) is 5.82 Å². The van der Waals surface area contributed by atoms with E-state index in [0.29, 0.717) is 23.2 Å². The van der Waals surface area contributed by atoms with Gasteiger partial charge >= 0.3 is 0 Å². The van der Waals surface area contributed by atoms with Crippen molar-refractivity contribution in [3.63, 3.8) is 0 Å². The second kappa shape index (κ2) is 6.57. The van der Waals surface area contributed by atoms with Crippen LogP contribution in [0.1, 0.15) is 24.0 Å². The molecule has 0 saturated heterocycles. The van der Waals surface area contributed by atoms with Gasteiger partial charge in [0, 0.05) is 18.3 Å². The van der Waals surface area contributed by atoms with E-state index in [0.717, 1.165) is 23.6 Å². The summed E-state index contributed by atoms with van der Waals surface area (Å²) in [6.07, 6.45) is 0. The van der Waals surface area contributed by atoms with Gasteiger partial charge in [-0.25, -0.2) is 9.97 Å². The minimum Gasteiger partial charge on any atom is -0.484 e. The van der Waals surface area contributed by atoms with Crippen LogP contribution in [0.2, 0.25) is 5.02 Å². The Kier molecular flexibility index (Phi) is 4.79. The number of aromatic nitrogens is 2. The molecule has 2 rings (SSSR count). The fourth-order valence-electron chi connectivity index (χ4n) is 1.83. The highest BCUT2D eigenvalue weighted by atomic mass is 35.5. The van der Waals surface area contributed by atoms with Crippen molar-refractivity contribution in [2.24, 2.45) is 0 Å². The van der Waals surface area contributed by atoms with Gasteiger partial charge in [0.2, 0.25) is 0 Å². The molecule has 20 heavy (non-hydrogen) atoms. The first kappa shape index (κ1) is 14.6. The van der Waals surface area contributed by atoms with Crippen molar-refractivity contribution in [1.29, 1.82) is 0 Å². The van der Waals surface area contributed by atoms with Gasteiger partial charge in [0.1, 0.15) is 18.2 Å². The maximum absolute atomic E-state index is 6.10. The molecule has 1 heterocycles. The molecule has 0 fully saturated rings. The summed E-state index contributed by atoms with van der Waals surface area (Å²) >= 11 is 6.10. The molecule has 0 amide bonds. The van der Waals surface area contributed by atoms with Crippen LogP contribution in [0.15, 0.2) is 24.3 Å². The van der Waals surface area contributed by atoms with E-state index < -0.39 is 0 Å². The van der Waals surface area contributed by atoms with E-state index in [-0.39, 0.29) is 0 Å². The molecule has 1 aromatic carbocycles. The van der Waals surface area contributed by atoms with Gasteiger partial charge in [-0.2, -0.15) is 0 Å². The Morgan fingerprint density at radius 3 is 2.75 bits per heavy atom. The molecule has 0 spiro atoms. The van der Waals surface area contributed by atoms with Crippen LogP contribution < -0.4 is 10.1 Å². The third kappa shape index (κ3) is 3.84. The summed E-state index contributed by atoms with van der Waals surface area (Å²) < 4.78 is 5.71. The number of hydrogen-bond donors (Lipinski definition) is 1. The minimum atomic E-state index is 0.295. The third-order valence-electron chi connectivity index (χ3n) is 2.70. The molecule has 0 aliphatic carbocycles. The average molecular weight is 292 g/mol. The summed E-state index contributed by atoms with van der Waals surface area (Å²) in [7, 11) is 0. The van der Waals surface area contributed by atoms with Gasteiger partial charge in [-0.3, -0.25) is 0 Å². The van der Waals surface area contributed by atoms with Crippen molar-refractivity contribution in [1.82, 2.24) is 9.97 Å². The van der Waals surface area contributed by atoms with E-state index >= 15 is 0 Å². The zero-order valence-electron chi connectivity index (χ0n) is 11.9. The lowest BCUT2D eigenvalue weighted by Crippen LogP contribution is -2.07. The van der Waals surface area contributed by atoms with Crippen molar-refractivity contribution in [3.8, 4) is 5.75 Å². The number of aryl methyl sites for hydroxylation is 2. The highest BCUT2D eigenvalue weighted by Crippen LogP contribution is 2.25. The van der Waals surface area contributed by atoms with E-state index in [1.807, 2.05) is 45.0 Å². The first-order valence-electron chi connectivity index (χ1n) is 6.56. The molecule has 2 aromatic rings. The van der Waals surface area contributed by atoms with Crippen LogP contribution in [-0.2, 0) is 6.61 Å². The fraction of sp³-hybridized carbons (Fsp3) is 0.333. The summed E-state index contributed by atoms with van der Waals surface area (Å²) in [5.41, 5.74) is 2.01. The van der Waals surface area contributed by atoms with Crippen molar-refractivity contribution in [2.45, 2.75) is 27.4 Å². The molecule has 0 saturated carbocycles. The summed E-state index contributed by atoms with van der Waals surface area (Å²) in [6, 6.07) is 7.59. The predicted octanol–water partition coefficient (Wildman–Crippen LogP) is 3.76. The van der Waals surface area contributed by atoms with Crippen molar-refractivity contribution < 1.29 is 4.74 Å². The van der Waals surface area contributed by atoms with Crippen LogP contribution >= 0.6 is 11.6 Å². The molecule has 4 nitrogen and oxygen atoms in total. The van der Waals surface area contributed by atoms with Crippen LogP contribution in [0.5, 0.6) is 5.75 Å². The molecule has 0 radical (unpaired) electrons. The normalized spacial score (nSPS) is 10.4. The predicted molar refractivity (Wildman–Crippen MR) is 81.5 cm³/mol. The van der Waals surface area contributed by atoms with Crippen LogP contribution in [0.3, 0.4) is 0 Å². The summed E-state index contributed by atoms with van der Waals surface area (Å²) in [4.78, 5) is 8.76. The Labute approximate surface area is 124 Å². The van der Waals surface area contributed by atoms with Gasteiger partial charge in [0.05, 0.1) is 5.02 Å². The van der Waals surface area contributed by atoms with E-state index in [9.17, 15) is 0 Å². The smallest absolute Gasteiger partial charge is 0.168 e. The molecule has 1 N–H and O–H groups in total. The number of nitrogens with zero attached hydrogens (tertiary/aromatic N) is 2. The SMILES string of the molecule is CCNc1cc(C)nc(COc2cc(C)ccc2Cl)n1. The lowest BCUT2D eigenvalue weighted by molar-refractivity contribution is 0.295. The Morgan fingerprint density at radius 1 is 1.20 bits per heavy atom. The average Bonchev–Trinajstić information content (AvgIpc) is 2.40.